The van der Waals surface area contributed by atoms with Crippen LogP contribution in [0, 0.1) is 11.8 Å². The minimum Gasteiger partial charge on any atom is -0.459 e. The van der Waals surface area contributed by atoms with Crippen molar-refractivity contribution < 1.29 is 13.9 Å². The highest BCUT2D eigenvalue weighted by Gasteiger charge is 2.63. The summed E-state index contributed by atoms with van der Waals surface area (Å²) in [4.78, 5) is 19.3. The molecule has 3 aromatic heterocycles. The molecular weight excluding hydrogens is 368 g/mol. The number of hydrogen-bond donors (Lipinski definition) is 1. The molecule has 2 bridgehead atoms. The molecule has 150 valence electrons. The quantitative estimate of drug-likeness (QED) is 0.739. The Bertz CT molecular complexity index is 1080. The van der Waals surface area contributed by atoms with Gasteiger partial charge in [-0.15, -0.1) is 0 Å². The van der Waals surface area contributed by atoms with Crippen molar-refractivity contribution in [1.29, 1.82) is 0 Å². The van der Waals surface area contributed by atoms with Gasteiger partial charge in [0.25, 0.3) is 5.91 Å². The first-order valence-corrected chi connectivity index (χ1v) is 10.3. The van der Waals surface area contributed by atoms with Crippen molar-refractivity contribution in [2.45, 2.75) is 24.5 Å². The third kappa shape index (κ3) is 2.46. The highest BCUT2D eigenvalue weighted by atomic mass is 16.5. The average molecular weight is 392 g/mol. The smallest absolute Gasteiger partial charge is 0.286 e. The summed E-state index contributed by atoms with van der Waals surface area (Å²) in [6.45, 7) is 2.48. The summed E-state index contributed by atoms with van der Waals surface area (Å²) in [6.07, 6.45) is 7.90. The molecule has 3 aliphatic heterocycles. The number of rotatable bonds is 4. The minimum atomic E-state index is -0.151. The maximum Gasteiger partial charge on any atom is 0.286 e. The molecule has 3 aromatic rings. The number of amides is 1. The molecule has 3 aliphatic rings. The van der Waals surface area contributed by atoms with Crippen LogP contribution in [0.3, 0.4) is 0 Å². The van der Waals surface area contributed by atoms with Crippen molar-refractivity contribution in [2.75, 3.05) is 24.5 Å². The largest absolute Gasteiger partial charge is 0.459 e. The molecule has 6 heterocycles. The van der Waals surface area contributed by atoms with E-state index in [9.17, 15) is 4.79 Å². The number of furan rings is 1. The number of aryl methyl sites for hydroxylation is 1. The van der Waals surface area contributed by atoms with Crippen LogP contribution in [0.1, 0.15) is 23.4 Å². The molecule has 0 aromatic carbocycles. The number of anilines is 1. The standard InChI is InChI=1S/C22H24N4O3/c1-25-9-6-14-17(5-8-23-20(14)25)26-12-16-15(18-4-7-22(16,13-26)29-18)11-24-21(27)19-3-2-10-28-19/h2-3,5-6,8-10,15-16,18H,4,7,11-13H2,1H3,(H,24,27)/t15-,16+,18+,22+/m0/s1. The molecular formula is C22H24N4O3. The van der Waals surface area contributed by atoms with E-state index in [0.29, 0.717) is 24.1 Å². The van der Waals surface area contributed by atoms with E-state index >= 15 is 0 Å². The lowest BCUT2D eigenvalue weighted by Gasteiger charge is -2.29. The molecule has 3 fully saturated rings. The van der Waals surface area contributed by atoms with Gasteiger partial charge in [0.15, 0.2) is 5.76 Å². The van der Waals surface area contributed by atoms with Gasteiger partial charge in [0.05, 0.1) is 18.0 Å². The SMILES string of the molecule is Cn1ccc2c(N3C[C@@H]4[C@H](CNC(=O)c5ccco5)[C@H]5CC[C@]4(C3)O5)ccnc21. The number of carbonyl (C=O) groups is 1. The lowest BCUT2D eigenvalue weighted by molar-refractivity contribution is 0.0142. The summed E-state index contributed by atoms with van der Waals surface area (Å²) < 4.78 is 13.8. The Labute approximate surface area is 168 Å². The number of fused-ring (bicyclic) bond motifs is 2. The van der Waals surface area contributed by atoms with Crippen LogP contribution >= 0.6 is 0 Å². The van der Waals surface area contributed by atoms with Crippen molar-refractivity contribution in [1.82, 2.24) is 14.9 Å². The first-order chi connectivity index (χ1) is 14.1. The molecule has 3 saturated heterocycles. The zero-order chi connectivity index (χ0) is 19.6. The van der Waals surface area contributed by atoms with Crippen molar-refractivity contribution in [3.63, 3.8) is 0 Å². The van der Waals surface area contributed by atoms with Crippen molar-refractivity contribution in [2.24, 2.45) is 18.9 Å². The van der Waals surface area contributed by atoms with Crippen molar-refractivity contribution >= 4 is 22.6 Å². The van der Waals surface area contributed by atoms with Gasteiger partial charge in [-0.3, -0.25) is 4.79 Å². The summed E-state index contributed by atoms with van der Waals surface area (Å²) >= 11 is 0. The number of hydrogen-bond acceptors (Lipinski definition) is 5. The van der Waals surface area contributed by atoms with Gasteiger partial charge in [-0.1, -0.05) is 0 Å². The highest BCUT2D eigenvalue weighted by Crippen LogP contribution is 2.55. The second kappa shape index (κ2) is 6.10. The monoisotopic (exact) mass is 392 g/mol. The number of nitrogens with one attached hydrogen (secondary N) is 1. The molecule has 1 amide bonds. The number of ether oxygens (including phenoxy) is 1. The molecule has 0 unspecified atom stereocenters. The molecule has 7 nitrogen and oxygen atoms in total. The van der Waals surface area contributed by atoms with E-state index in [-0.39, 0.29) is 17.6 Å². The fraction of sp³-hybridized carbons (Fsp3) is 0.455. The molecule has 0 aliphatic carbocycles. The Kier molecular flexibility index (Phi) is 3.59. The number of nitrogens with zero attached hydrogens (tertiary/aromatic N) is 3. The van der Waals surface area contributed by atoms with Gasteiger partial charge in [-0.05, 0) is 37.1 Å². The van der Waals surface area contributed by atoms with Gasteiger partial charge < -0.3 is 23.9 Å². The summed E-state index contributed by atoms with van der Waals surface area (Å²) in [5.74, 6) is 0.965. The van der Waals surface area contributed by atoms with Gasteiger partial charge in [0.1, 0.15) is 5.65 Å². The Morgan fingerprint density at radius 1 is 1.38 bits per heavy atom. The predicted octanol–water partition coefficient (Wildman–Crippen LogP) is 2.58. The van der Waals surface area contributed by atoms with Gasteiger partial charge in [0.2, 0.25) is 0 Å². The Balaban J connectivity index is 1.24. The Morgan fingerprint density at radius 3 is 3.17 bits per heavy atom. The van der Waals surface area contributed by atoms with Crippen LogP contribution in [-0.4, -0.2) is 46.8 Å². The van der Waals surface area contributed by atoms with E-state index in [1.165, 1.54) is 17.3 Å². The van der Waals surface area contributed by atoms with Crippen LogP contribution in [0.25, 0.3) is 11.0 Å². The molecule has 29 heavy (non-hydrogen) atoms. The molecule has 0 saturated carbocycles. The van der Waals surface area contributed by atoms with Gasteiger partial charge >= 0.3 is 0 Å². The zero-order valence-electron chi connectivity index (χ0n) is 16.4. The van der Waals surface area contributed by atoms with Crippen LogP contribution in [0.5, 0.6) is 0 Å². The van der Waals surface area contributed by atoms with Crippen LogP contribution in [0.4, 0.5) is 5.69 Å². The second-order valence-corrected chi connectivity index (χ2v) is 8.59. The van der Waals surface area contributed by atoms with E-state index < -0.39 is 0 Å². The maximum atomic E-state index is 12.3. The van der Waals surface area contributed by atoms with Crippen LogP contribution in [0.15, 0.2) is 47.3 Å². The first-order valence-electron chi connectivity index (χ1n) is 10.3. The average Bonchev–Trinajstić information content (AvgIpc) is 3.52. The van der Waals surface area contributed by atoms with E-state index in [1.54, 1.807) is 12.1 Å². The summed E-state index contributed by atoms with van der Waals surface area (Å²) in [5.41, 5.74) is 2.14. The molecule has 4 atom stereocenters. The fourth-order valence-corrected chi connectivity index (χ4v) is 5.78. The zero-order valence-corrected chi connectivity index (χ0v) is 16.4. The normalized spacial score (nSPS) is 30.2. The maximum absolute atomic E-state index is 12.3. The lowest BCUT2D eigenvalue weighted by atomic mass is 9.73. The van der Waals surface area contributed by atoms with E-state index in [2.05, 4.69) is 38.1 Å². The van der Waals surface area contributed by atoms with Crippen molar-refractivity contribution in [3.8, 4) is 0 Å². The molecule has 1 spiro atoms. The first kappa shape index (κ1) is 17.1. The van der Waals surface area contributed by atoms with Crippen LogP contribution in [0.2, 0.25) is 0 Å². The molecule has 7 heteroatoms. The summed E-state index contributed by atoms with van der Waals surface area (Å²) in [5, 5.41) is 4.25. The second-order valence-electron chi connectivity index (χ2n) is 8.59. The predicted molar refractivity (Wildman–Crippen MR) is 108 cm³/mol. The molecule has 1 N–H and O–H groups in total. The van der Waals surface area contributed by atoms with Gasteiger partial charge in [0, 0.05) is 62.0 Å². The van der Waals surface area contributed by atoms with Gasteiger partial charge in [-0.2, -0.15) is 0 Å². The van der Waals surface area contributed by atoms with Gasteiger partial charge in [-0.25, -0.2) is 4.98 Å². The molecule has 0 radical (unpaired) electrons. The third-order valence-corrected chi connectivity index (χ3v) is 7.11. The van der Waals surface area contributed by atoms with E-state index in [4.69, 9.17) is 9.15 Å². The van der Waals surface area contributed by atoms with Crippen molar-refractivity contribution in [3.05, 3.63) is 48.7 Å². The number of aromatic nitrogens is 2. The van der Waals surface area contributed by atoms with Crippen LogP contribution < -0.4 is 10.2 Å². The third-order valence-electron chi connectivity index (χ3n) is 7.11. The highest BCUT2D eigenvalue weighted by molar-refractivity contribution is 5.91. The Hall–Kier alpha value is -2.80. The topological polar surface area (TPSA) is 72.5 Å². The molecule has 6 rings (SSSR count). The number of carbonyl (C=O) groups excluding carboxylic acids is 1. The van der Waals surface area contributed by atoms with E-state index in [0.717, 1.165) is 31.6 Å². The lowest BCUT2D eigenvalue weighted by Crippen LogP contribution is -2.41. The van der Waals surface area contributed by atoms with Crippen LogP contribution in [-0.2, 0) is 11.8 Å². The Morgan fingerprint density at radius 2 is 2.31 bits per heavy atom. The number of pyridine rings is 1. The fourth-order valence-electron chi connectivity index (χ4n) is 5.78. The minimum absolute atomic E-state index is 0.0882. The summed E-state index contributed by atoms with van der Waals surface area (Å²) in [6, 6.07) is 7.68. The summed E-state index contributed by atoms with van der Waals surface area (Å²) in [7, 11) is 2.03. The van der Waals surface area contributed by atoms with E-state index in [1.807, 2.05) is 13.2 Å².